The van der Waals surface area contributed by atoms with Gasteiger partial charge in [-0.05, 0) is 38.5 Å². The Balaban J connectivity index is 1.21. The number of hydrogen-bond donors (Lipinski definition) is 1. The molecule has 0 aliphatic carbocycles. The maximum absolute atomic E-state index is 14.1. The highest BCUT2D eigenvalue weighted by molar-refractivity contribution is 6.26. The summed E-state index contributed by atoms with van der Waals surface area (Å²) >= 11 is 0. The number of anilines is 1. The predicted octanol–water partition coefficient (Wildman–Crippen LogP) is 3.48. The molecule has 3 aliphatic rings. The Morgan fingerprint density at radius 2 is 1.88 bits per heavy atom. The van der Waals surface area contributed by atoms with E-state index < -0.39 is 35.0 Å². The zero-order chi connectivity index (χ0) is 28.8. The first-order valence-electron chi connectivity index (χ1n) is 13.7. The summed E-state index contributed by atoms with van der Waals surface area (Å²) in [6, 6.07) is 14.6. The number of ether oxygens (including phenoxy) is 2. The molecule has 208 valence electrons. The van der Waals surface area contributed by atoms with Crippen molar-refractivity contribution in [2.75, 3.05) is 11.5 Å². The second-order valence-electron chi connectivity index (χ2n) is 11.6. The molecular weight excluding hydrogens is 522 g/mol. The summed E-state index contributed by atoms with van der Waals surface area (Å²) in [5, 5.41) is 27.4. The maximum Gasteiger partial charge on any atom is 0.240 e. The molecule has 3 aliphatic heterocycles. The van der Waals surface area contributed by atoms with E-state index in [1.54, 1.807) is 35.9 Å². The average molecular weight is 552 g/mol. The normalized spacial score (nSPS) is 28.6. The number of aryl methyl sites for hydroxylation is 3. The van der Waals surface area contributed by atoms with Crippen molar-refractivity contribution in [3.63, 3.8) is 0 Å². The number of pyridine rings is 1. The van der Waals surface area contributed by atoms with Crippen LogP contribution in [0.25, 0.3) is 21.8 Å². The van der Waals surface area contributed by atoms with Crippen molar-refractivity contribution in [1.82, 2.24) is 14.8 Å². The number of carbonyl (C=O) groups excluding carboxylic acids is 2. The smallest absolute Gasteiger partial charge is 0.240 e. The molecule has 5 atom stereocenters. The van der Waals surface area contributed by atoms with Gasteiger partial charge in [-0.15, -0.1) is 0 Å². The van der Waals surface area contributed by atoms with Gasteiger partial charge in [-0.2, -0.15) is 15.3 Å². The molecule has 2 bridgehead atoms. The second-order valence-corrected chi connectivity index (χ2v) is 11.6. The monoisotopic (exact) mass is 551 g/mol. The summed E-state index contributed by atoms with van der Waals surface area (Å²) in [5.41, 5.74) is 1.25. The lowest BCUT2D eigenvalue weighted by Gasteiger charge is -2.33. The molecule has 0 saturated carbocycles. The molecular formula is C31H29N5O5. The van der Waals surface area contributed by atoms with E-state index in [9.17, 15) is 20.0 Å². The van der Waals surface area contributed by atoms with Gasteiger partial charge in [0.15, 0.2) is 5.65 Å². The summed E-state index contributed by atoms with van der Waals surface area (Å²) < 4.78 is 14.3. The largest absolute Gasteiger partial charge is 0.477 e. The lowest BCUT2D eigenvalue weighted by Crippen LogP contribution is -2.49. The van der Waals surface area contributed by atoms with Gasteiger partial charge in [-0.3, -0.25) is 14.3 Å². The summed E-state index contributed by atoms with van der Waals surface area (Å²) in [5.74, 6) is -1.91. The van der Waals surface area contributed by atoms with E-state index in [1.165, 1.54) is 4.90 Å². The van der Waals surface area contributed by atoms with Gasteiger partial charge < -0.3 is 14.6 Å². The molecule has 0 spiro atoms. The van der Waals surface area contributed by atoms with Crippen molar-refractivity contribution in [1.29, 1.82) is 5.26 Å². The van der Waals surface area contributed by atoms with E-state index in [0.717, 1.165) is 22.3 Å². The van der Waals surface area contributed by atoms with Crippen molar-refractivity contribution in [3.8, 4) is 11.9 Å². The molecule has 0 unspecified atom stereocenters. The van der Waals surface area contributed by atoms with E-state index >= 15 is 0 Å². The van der Waals surface area contributed by atoms with Crippen LogP contribution in [0.15, 0.2) is 42.5 Å². The predicted molar refractivity (Wildman–Crippen MR) is 149 cm³/mol. The van der Waals surface area contributed by atoms with Crippen LogP contribution in [-0.4, -0.2) is 55.6 Å². The lowest BCUT2D eigenvalue weighted by atomic mass is 9.66. The van der Waals surface area contributed by atoms with E-state index in [-0.39, 0.29) is 18.9 Å². The van der Waals surface area contributed by atoms with Gasteiger partial charge in [0.25, 0.3) is 0 Å². The molecule has 2 aromatic carbocycles. The minimum Gasteiger partial charge on any atom is -0.477 e. The highest BCUT2D eigenvalue weighted by Gasteiger charge is 2.77. The Labute approximate surface area is 236 Å². The van der Waals surface area contributed by atoms with Crippen molar-refractivity contribution in [2.45, 2.75) is 50.9 Å². The van der Waals surface area contributed by atoms with Crippen LogP contribution in [0, 0.1) is 37.0 Å². The van der Waals surface area contributed by atoms with Gasteiger partial charge in [0.05, 0.1) is 53.2 Å². The molecule has 3 saturated heterocycles. The zero-order valence-electron chi connectivity index (χ0n) is 23.2. The van der Waals surface area contributed by atoms with Crippen LogP contribution in [-0.2, 0) is 21.4 Å². The topological polar surface area (TPSA) is 131 Å². The first-order chi connectivity index (χ1) is 19.6. The fourth-order valence-electron chi connectivity index (χ4n) is 7.47. The highest BCUT2D eigenvalue weighted by atomic mass is 16.6. The number of benzene rings is 2. The Bertz CT molecular complexity index is 1840. The summed E-state index contributed by atoms with van der Waals surface area (Å²) in [6.07, 6.45) is -0.390. The Morgan fingerprint density at radius 1 is 1.15 bits per heavy atom. The van der Waals surface area contributed by atoms with Crippen molar-refractivity contribution < 1.29 is 24.2 Å². The fourth-order valence-corrected chi connectivity index (χ4v) is 7.47. The second kappa shape index (κ2) is 8.59. The van der Waals surface area contributed by atoms with Gasteiger partial charge in [-0.25, -0.2) is 4.90 Å². The van der Waals surface area contributed by atoms with E-state index in [0.29, 0.717) is 34.3 Å². The number of imide groups is 1. The van der Waals surface area contributed by atoms with Crippen LogP contribution in [0.4, 0.5) is 5.69 Å². The Morgan fingerprint density at radius 3 is 2.63 bits per heavy atom. The summed E-state index contributed by atoms with van der Waals surface area (Å²) in [6.45, 7) is 5.83. The number of aromatic nitrogens is 3. The first-order valence-corrected chi connectivity index (χ1v) is 13.7. The molecule has 7 rings (SSSR count). The van der Waals surface area contributed by atoms with Crippen LogP contribution >= 0.6 is 0 Å². The van der Waals surface area contributed by atoms with Gasteiger partial charge in [0.2, 0.25) is 17.7 Å². The minimum absolute atomic E-state index is 0.183. The molecule has 1 N–H and O–H groups in total. The molecule has 41 heavy (non-hydrogen) atoms. The minimum atomic E-state index is -1.20. The van der Waals surface area contributed by atoms with Gasteiger partial charge >= 0.3 is 0 Å². The zero-order valence-corrected chi connectivity index (χ0v) is 23.2. The number of aliphatic hydroxyl groups is 1. The highest BCUT2D eigenvalue weighted by Crippen LogP contribution is 2.62. The fraction of sp³-hybridized carbons (Fsp3) is 0.387. The van der Waals surface area contributed by atoms with Crippen LogP contribution < -0.4 is 9.64 Å². The number of rotatable bonds is 5. The molecule has 3 fully saturated rings. The molecule has 4 aromatic rings. The number of fused-ring (bicyclic) bond motifs is 7. The molecule has 5 heterocycles. The SMILES string of the molecule is Cc1cc(OCC[C@]23C[C@H](O)[C@](C)(O2)[C@@H]2C(=O)N(c4ccc(C#N)c5ccccc45)C(=O)[C@@H]23)nc2c1c(C)nn2C. The number of hydrogen-bond acceptors (Lipinski definition) is 8. The standard InChI is InChI=1S/C31H29N5O5/c1-16-13-23(33-27-24(16)17(2)34-35(27)4)40-12-11-31-14-22(37)30(3,41-31)25-26(31)29(39)36(28(25)38)21-10-9-18(15-32)19-7-5-6-8-20(19)21/h5-10,13,22,25-26,37H,11-12,14H2,1-4H3/t22-,25-,26+,30-,31+/m0/s1. The third-order valence-corrected chi connectivity index (χ3v) is 9.29. The third-order valence-electron chi connectivity index (χ3n) is 9.29. The van der Waals surface area contributed by atoms with Gasteiger partial charge in [-0.1, -0.05) is 24.3 Å². The van der Waals surface area contributed by atoms with Crippen LogP contribution in [0.2, 0.25) is 0 Å². The summed E-state index contributed by atoms with van der Waals surface area (Å²) in [7, 11) is 1.84. The maximum atomic E-state index is 14.1. The Hall–Kier alpha value is -4.33. The number of nitriles is 1. The number of amides is 2. The third kappa shape index (κ3) is 3.36. The van der Waals surface area contributed by atoms with Gasteiger partial charge in [0, 0.05) is 42.1 Å². The molecule has 10 heteroatoms. The number of nitrogens with zero attached hydrogens (tertiary/aromatic N) is 5. The van der Waals surface area contributed by atoms with E-state index in [4.69, 9.17) is 9.47 Å². The van der Waals surface area contributed by atoms with E-state index in [2.05, 4.69) is 16.2 Å². The molecule has 10 nitrogen and oxygen atoms in total. The summed E-state index contributed by atoms with van der Waals surface area (Å²) in [4.78, 5) is 34.0. The average Bonchev–Trinajstić information content (AvgIpc) is 3.57. The van der Waals surface area contributed by atoms with Crippen LogP contribution in [0.3, 0.4) is 0 Å². The lowest BCUT2D eigenvalue weighted by molar-refractivity contribution is -0.134. The van der Waals surface area contributed by atoms with Crippen molar-refractivity contribution >= 4 is 39.3 Å². The Kier molecular flexibility index (Phi) is 5.37. The quantitative estimate of drug-likeness (QED) is 0.373. The van der Waals surface area contributed by atoms with Crippen molar-refractivity contribution in [3.05, 3.63) is 59.3 Å². The molecule has 2 aromatic heterocycles. The molecule has 2 amide bonds. The van der Waals surface area contributed by atoms with Crippen LogP contribution in [0.5, 0.6) is 5.88 Å². The van der Waals surface area contributed by atoms with Crippen molar-refractivity contribution in [2.24, 2.45) is 18.9 Å². The van der Waals surface area contributed by atoms with E-state index in [1.807, 2.05) is 39.1 Å². The number of carbonyl (C=O) groups is 2. The first kappa shape index (κ1) is 25.6. The van der Waals surface area contributed by atoms with Gasteiger partial charge in [0.1, 0.15) is 5.60 Å². The molecule has 0 radical (unpaired) electrons. The van der Waals surface area contributed by atoms with Crippen LogP contribution in [0.1, 0.15) is 36.6 Å². The number of aliphatic hydroxyl groups excluding tert-OH is 1.